The van der Waals surface area contributed by atoms with E-state index in [0.29, 0.717) is 11.1 Å². The maximum Gasteiger partial charge on any atom is 0.125 e. The molecule has 1 rings (SSSR count). The number of aliphatic hydroxyl groups excluding tert-OH is 2. The summed E-state index contributed by atoms with van der Waals surface area (Å²) in [6.07, 6.45) is 0. The third kappa shape index (κ3) is 3.83. The van der Waals surface area contributed by atoms with Crippen LogP contribution >= 0.6 is 0 Å². The lowest BCUT2D eigenvalue weighted by Gasteiger charge is -1.94. The quantitative estimate of drug-likeness (QED) is 0.605. The standard InChI is InChI=1S/C12H9FO2/c13-12-8-10(3-1-5-14)7-11(9-12)4-2-6-15/h7-9,14-15H,5-6H2. The molecule has 76 valence electrons. The van der Waals surface area contributed by atoms with Crippen molar-refractivity contribution < 1.29 is 14.6 Å². The second kappa shape index (κ2) is 5.82. The lowest BCUT2D eigenvalue weighted by Crippen LogP contribution is -1.85. The normalized spacial score (nSPS) is 8.47. The van der Waals surface area contributed by atoms with Gasteiger partial charge in [0, 0.05) is 11.1 Å². The molecule has 1 aromatic carbocycles. The molecule has 2 nitrogen and oxygen atoms in total. The summed E-state index contributed by atoms with van der Waals surface area (Å²) in [6, 6.07) is 4.11. The van der Waals surface area contributed by atoms with Crippen molar-refractivity contribution in [3.63, 3.8) is 0 Å². The smallest absolute Gasteiger partial charge is 0.125 e. The number of aliphatic hydroxyl groups is 2. The van der Waals surface area contributed by atoms with Crippen LogP contribution in [0.5, 0.6) is 0 Å². The van der Waals surface area contributed by atoms with Gasteiger partial charge < -0.3 is 10.2 Å². The molecule has 0 saturated heterocycles. The van der Waals surface area contributed by atoms with E-state index in [1.165, 1.54) is 12.1 Å². The average molecular weight is 204 g/mol. The number of hydrogen-bond donors (Lipinski definition) is 2. The first-order chi connectivity index (χ1) is 7.26. The summed E-state index contributed by atoms with van der Waals surface area (Å²) in [6.45, 7) is -0.539. The first kappa shape index (κ1) is 11.3. The Morgan fingerprint density at radius 3 is 1.80 bits per heavy atom. The maximum atomic E-state index is 13.0. The summed E-state index contributed by atoms with van der Waals surface area (Å²) in [5, 5.41) is 17.0. The molecule has 0 aromatic heterocycles. The van der Waals surface area contributed by atoms with Gasteiger partial charge in [0.2, 0.25) is 0 Å². The summed E-state index contributed by atoms with van der Waals surface area (Å²) in [5.41, 5.74) is 0.901. The molecule has 1 aromatic rings. The Morgan fingerprint density at radius 2 is 1.40 bits per heavy atom. The first-order valence-electron chi connectivity index (χ1n) is 4.26. The van der Waals surface area contributed by atoms with E-state index >= 15 is 0 Å². The van der Waals surface area contributed by atoms with Gasteiger partial charge in [0.25, 0.3) is 0 Å². The molecule has 0 heterocycles. The van der Waals surface area contributed by atoms with Gasteiger partial charge in [-0.25, -0.2) is 4.39 Å². The van der Waals surface area contributed by atoms with Crippen LogP contribution in [0.2, 0.25) is 0 Å². The van der Waals surface area contributed by atoms with Gasteiger partial charge >= 0.3 is 0 Å². The Kier molecular flexibility index (Phi) is 4.37. The number of benzene rings is 1. The molecule has 0 aliphatic rings. The van der Waals surface area contributed by atoms with E-state index in [9.17, 15) is 4.39 Å². The van der Waals surface area contributed by atoms with Crippen molar-refractivity contribution in [3.05, 3.63) is 35.1 Å². The summed E-state index contributed by atoms with van der Waals surface area (Å²) < 4.78 is 13.0. The minimum absolute atomic E-state index is 0.270. The SMILES string of the molecule is OCC#Cc1cc(F)cc(C#CCO)c1. The second-order valence-corrected chi connectivity index (χ2v) is 2.65. The molecule has 0 atom stereocenters. The van der Waals surface area contributed by atoms with Crippen LogP contribution in [-0.2, 0) is 0 Å². The minimum Gasteiger partial charge on any atom is -0.384 e. The summed E-state index contributed by atoms with van der Waals surface area (Å²) in [7, 11) is 0. The fraction of sp³-hybridized carbons (Fsp3) is 0.167. The zero-order valence-electron chi connectivity index (χ0n) is 7.92. The molecule has 0 unspecified atom stereocenters. The van der Waals surface area contributed by atoms with Gasteiger partial charge in [0.15, 0.2) is 0 Å². The predicted molar refractivity (Wildman–Crippen MR) is 54.3 cm³/mol. The monoisotopic (exact) mass is 204 g/mol. The molecule has 0 aliphatic carbocycles. The van der Waals surface area contributed by atoms with Crippen molar-refractivity contribution >= 4 is 0 Å². The Hall–Kier alpha value is -1.81. The van der Waals surface area contributed by atoms with Crippen LogP contribution in [0.3, 0.4) is 0 Å². The third-order valence-electron chi connectivity index (χ3n) is 1.52. The highest BCUT2D eigenvalue weighted by atomic mass is 19.1. The molecular formula is C12H9FO2. The van der Waals surface area contributed by atoms with Crippen LogP contribution in [0.4, 0.5) is 4.39 Å². The molecule has 2 N–H and O–H groups in total. The number of halogens is 1. The zero-order chi connectivity index (χ0) is 11.1. The van der Waals surface area contributed by atoms with Crippen molar-refractivity contribution in [3.8, 4) is 23.7 Å². The Balaban J connectivity index is 3.05. The third-order valence-corrected chi connectivity index (χ3v) is 1.52. The van der Waals surface area contributed by atoms with Crippen molar-refractivity contribution in [2.45, 2.75) is 0 Å². The van der Waals surface area contributed by atoms with Crippen LogP contribution in [0.25, 0.3) is 0 Å². The van der Waals surface area contributed by atoms with Crippen molar-refractivity contribution in [1.29, 1.82) is 0 Å². The van der Waals surface area contributed by atoms with Crippen molar-refractivity contribution in [1.82, 2.24) is 0 Å². The van der Waals surface area contributed by atoms with Crippen LogP contribution < -0.4 is 0 Å². The molecule has 0 aliphatic heterocycles. The summed E-state index contributed by atoms with van der Waals surface area (Å²) in [4.78, 5) is 0. The minimum atomic E-state index is -0.443. The largest absolute Gasteiger partial charge is 0.384 e. The van der Waals surface area contributed by atoms with E-state index < -0.39 is 5.82 Å². The summed E-state index contributed by atoms with van der Waals surface area (Å²) >= 11 is 0. The van der Waals surface area contributed by atoms with Crippen LogP contribution in [0.1, 0.15) is 11.1 Å². The highest BCUT2D eigenvalue weighted by Gasteiger charge is 1.96. The molecule has 0 amide bonds. The van der Waals surface area contributed by atoms with Gasteiger partial charge in [-0.05, 0) is 18.2 Å². The van der Waals surface area contributed by atoms with Crippen molar-refractivity contribution in [2.24, 2.45) is 0 Å². The Labute approximate surface area is 87.4 Å². The molecule has 0 radical (unpaired) electrons. The first-order valence-corrected chi connectivity index (χ1v) is 4.26. The lowest BCUT2D eigenvalue weighted by molar-refractivity contribution is 0.350. The number of rotatable bonds is 0. The van der Waals surface area contributed by atoms with Crippen LogP contribution in [-0.4, -0.2) is 23.4 Å². The van der Waals surface area contributed by atoms with Crippen molar-refractivity contribution in [2.75, 3.05) is 13.2 Å². The fourth-order valence-electron chi connectivity index (χ4n) is 1.02. The van der Waals surface area contributed by atoms with Crippen LogP contribution in [0.15, 0.2) is 18.2 Å². The van der Waals surface area contributed by atoms with Gasteiger partial charge in [-0.1, -0.05) is 23.7 Å². The van der Waals surface area contributed by atoms with Gasteiger partial charge in [-0.15, -0.1) is 0 Å². The zero-order valence-corrected chi connectivity index (χ0v) is 7.92. The van der Waals surface area contributed by atoms with Gasteiger partial charge in [-0.3, -0.25) is 0 Å². The molecular weight excluding hydrogens is 195 g/mol. The van der Waals surface area contributed by atoms with Gasteiger partial charge in [0.1, 0.15) is 19.0 Å². The fourth-order valence-corrected chi connectivity index (χ4v) is 1.02. The van der Waals surface area contributed by atoms with E-state index in [1.807, 2.05) is 0 Å². The van der Waals surface area contributed by atoms with E-state index in [1.54, 1.807) is 6.07 Å². The average Bonchev–Trinajstić information content (AvgIpc) is 2.23. The highest BCUT2D eigenvalue weighted by Crippen LogP contribution is 2.07. The molecule has 3 heteroatoms. The number of hydrogen-bond acceptors (Lipinski definition) is 2. The van der Waals surface area contributed by atoms with Gasteiger partial charge in [0.05, 0.1) is 0 Å². The summed E-state index contributed by atoms with van der Waals surface area (Å²) in [5.74, 6) is 9.55. The topological polar surface area (TPSA) is 40.5 Å². The predicted octanol–water partition coefficient (Wildman–Crippen LogP) is 0.513. The molecule has 15 heavy (non-hydrogen) atoms. The second-order valence-electron chi connectivity index (χ2n) is 2.65. The molecule has 0 saturated carbocycles. The molecule has 0 spiro atoms. The molecule has 0 bridgehead atoms. The Bertz CT molecular complexity index is 418. The van der Waals surface area contributed by atoms with E-state index in [0.717, 1.165) is 0 Å². The van der Waals surface area contributed by atoms with E-state index in [2.05, 4.69) is 23.7 Å². The lowest BCUT2D eigenvalue weighted by atomic mass is 10.1. The van der Waals surface area contributed by atoms with E-state index in [4.69, 9.17) is 10.2 Å². The van der Waals surface area contributed by atoms with E-state index in [-0.39, 0.29) is 13.2 Å². The molecule has 0 fully saturated rings. The van der Waals surface area contributed by atoms with Gasteiger partial charge in [-0.2, -0.15) is 0 Å². The maximum absolute atomic E-state index is 13.0. The highest BCUT2D eigenvalue weighted by molar-refractivity contribution is 5.44. The Morgan fingerprint density at radius 1 is 0.933 bits per heavy atom. The van der Waals surface area contributed by atoms with Crippen LogP contribution in [0, 0.1) is 29.5 Å².